The maximum absolute atomic E-state index is 12.4. The number of urea groups is 1. The van der Waals surface area contributed by atoms with Gasteiger partial charge in [-0.05, 0) is 37.3 Å². The molecule has 0 aliphatic rings. The molecule has 1 atom stereocenters. The van der Waals surface area contributed by atoms with Crippen LogP contribution in [-0.4, -0.2) is 34.4 Å². The predicted octanol–water partition coefficient (Wildman–Crippen LogP) is 3.46. The van der Waals surface area contributed by atoms with E-state index in [0.717, 1.165) is 5.69 Å². The fraction of sp³-hybridized carbons (Fsp3) is 0.300. The van der Waals surface area contributed by atoms with E-state index in [-0.39, 0.29) is 12.1 Å². The van der Waals surface area contributed by atoms with Gasteiger partial charge in [0.1, 0.15) is 5.75 Å². The van der Waals surface area contributed by atoms with Crippen LogP contribution in [0.1, 0.15) is 25.4 Å². The number of benzene rings is 1. The minimum absolute atomic E-state index is 0.0906. The van der Waals surface area contributed by atoms with Gasteiger partial charge in [-0.15, -0.1) is 10.2 Å². The van der Waals surface area contributed by atoms with Crippen molar-refractivity contribution in [3.05, 3.63) is 54.2 Å². The van der Waals surface area contributed by atoms with E-state index in [1.165, 1.54) is 0 Å². The van der Waals surface area contributed by atoms with Gasteiger partial charge in [0.25, 0.3) is 0 Å². The molecule has 0 saturated heterocycles. The van der Waals surface area contributed by atoms with Crippen molar-refractivity contribution in [1.82, 2.24) is 20.5 Å². The van der Waals surface area contributed by atoms with Crippen molar-refractivity contribution >= 4 is 11.7 Å². The zero-order valence-electron chi connectivity index (χ0n) is 16.1. The Balaban J connectivity index is 1.69. The fourth-order valence-electron chi connectivity index (χ4n) is 2.72. The van der Waals surface area contributed by atoms with Crippen LogP contribution >= 0.6 is 0 Å². The lowest BCUT2D eigenvalue weighted by Gasteiger charge is -2.16. The molecule has 0 spiro atoms. The summed E-state index contributed by atoms with van der Waals surface area (Å²) < 4.78 is 10.9. The molecule has 8 heteroatoms. The van der Waals surface area contributed by atoms with Crippen LogP contribution in [0, 0.1) is 0 Å². The summed E-state index contributed by atoms with van der Waals surface area (Å²) >= 11 is 0. The van der Waals surface area contributed by atoms with Gasteiger partial charge >= 0.3 is 6.03 Å². The number of ether oxygens (including phenoxy) is 1. The van der Waals surface area contributed by atoms with E-state index >= 15 is 0 Å². The van der Waals surface area contributed by atoms with E-state index in [0.29, 0.717) is 41.6 Å². The molecule has 2 amide bonds. The van der Waals surface area contributed by atoms with Crippen molar-refractivity contribution in [1.29, 1.82) is 0 Å². The van der Waals surface area contributed by atoms with Crippen molar-refractivity contribution < 1.29 is 13.9 Å². The zero-order chi connectivity index (χ0) is 19.9. The first-order valence-corrected chi connectivity index (χ1v) is 9.07. The largest absolute Gasteiger partial charge is 0.495 e. The highest BCUT2D eigenvalue weighted by Crippen LogP contribution is 2.30. The fourth-order valence-corrected chi connectivity index (χ4v) is 2.72. The Morgan fingerprint density at radius 1 is 1.25 bits per heavy atom. The summed E-state index contributed by atoms with van der Waals surface area (Å²) in [6, 6.07) is 10.6. The smallest absolute Gasteiger partial charge is 0.319 e. The zero-order valence-corrected chi connectivity index (χ0v) is 16.1. The highest BCUT2D eigenvalue weighted by molar-refractivity contribution is 5.92. The van der Waals surface area contributed by atoms with E-state index in [1.54, 1.807) is 31.5 Å². The van der Waals surface area contributed by atoms with Gasteiger partial charge in [-0.25, -0.2) is 4.79 Å². The van der Waals surface area contributed by atoms with E-state index in [2.05, 4.69) is 25.8 Å². The maximum atomic E-state index is 12.4. The number of pyridine rings is 1. The molecule has 0 unspecified atom stereocenters. The molecule has 2 aromatic heterocycles. The SMILES string of the molecule is CCc1nnc(-c2ccc(OC)c(NC(=O)N[C@H](C)Cc3ccccn3)c2)o1. The number of nitrogens with zero attached hydrogens (tertiary/aromatic N) is 3. The van der Waals surface area contributed by atoms with Crippen LogP contribution in [0.15, 0.2) is 47.0 Å². The number of anilines is 1. The molecule has 3 aromatic rings. The lowest BCUT2D eigenvalue weighted by atomic mass is 10.1. The Kier molecular flexibility index (Phi) is 6.21. The van der Waals surface area contributed by atoms with Crippen LogP contribution < -0.4 is 15.4 Å². The highest BCUT2D eigenvalue weighted by atomic mass is 16.5. The second kappa shape index (κ2) is 8.98. The summed E-state index contributed by atoms with van der Waals surface area (Å²) in [6.07, 6.45) is 3.03. The van der Waals surface area contributed by atoms with Crippen LogP contribution in [0.4, 0.5) is 10.5 Å². The molecule has 0 saturated carbocycles. The molecule has 8 nitrogen and oxygen atoms in total. The summed E-state index contributed by atoms with van der Waals surface area (Å²) in [6.45, 7) is 3.86. The average molecular weight is 381 g/mol. The van der Waals surface area contributed by atoms with E-state index in [1.807, 2.05) is 32.0 Å². The molecule has 0 bridgehead atoms. The minimum atomic E-state index is -0.335. The third-order valence-electron chi connectivity index (χ3n) is 4.08. The standard InChI is InChI=1S/C20H23N5O3/c1-4-18-24-25-19(28-18)14-8-9-17(27-3)16(12-14)23-20(26)22-13(2)11-15-7-5-6-10-21-15/h5-10,12-13H,4,11H2,1-3H3,(H2,22,23,26)/t13-/m1/s1. The minimum Gasteiger partial charge on any atom is -0.495 e. The normalized spacial score (nSPS) is 11.7. The number of carbonyl (C=O) groups excluding carboxylic acids is 1. The predicted molar refractivity (Wildman–Crippen MR) is 105 cm³/mol. The van der Waals surface area contributed by atoms with Crippen molar-refractivity contribution in [2.24, 2.45) is 0 Å². The van der Waals surface area contributed by atoms with E-state index in [4.69, 9.17) is 9.15 Å². The molecule has 0 aliphatic carbocycles. The molecule has 0 radical (unpaired) electrons. The number of carbonyl (C=O) groups is 1. The van der Waals surface area contributed by atoms with Crippen molar-refractivity contribution in [2.45, 2.75) is 32.7 Å². The summed E-state index contributed by atoms with van der Waals surface area (Å²) in [4.78, 5) is 16.7. The summed E-state index contributed by atoms with van der Waals surface area (Å²) in [5, 5.41) is 13.7. The maximum Gasteiger partial charge on any atom is 0.319 e. The van der Waals surface area contributed by atoms with Gasteiger partial charge in [-0.2, -0.15) is 0 Å². The Morgan fingerprint density at radius 2 is 2.11 bits per heavy atom. The van der Waals surface area contributed by atoms with Gasteiger partial charge < -0.3 is 19.8 Å². The van der Waals surface area contributed by atoms with Crippen LogP contribution in [0.25, 0.3) is 11.5 Å². The van der Waals surface area contributed by atoms with E-state index in [9.17, 15) is 4.79 Å². The number of hydrogen-bond acceptors (Lipinski definition) is 6. The second-order valence-corrected chi connectivity index (χ2v) is 6.29. The van der Waals surface area contributed by atoms with Crippen LogP contribution in [0.2, 0.25) is 0 Å². The Bertz CT molecular complexity index is 927. The molecule has 3 rings (SSSR count). The van der Waals surface area contributed by atoms with Gasteiger partial charge in [0.2, 0.25) is 11.8 Å². The van der Waals surface area contributed by atoms with Gasteiger partial charge in [-0.1, -0.05) is 13.0 Å². The number of nitrogens with one attached hydrogen (secondary N) is 2. The first kappa shape index (κ1) is 19.3. The van der Waals surface area contributed by atoms with Gasteiger partial charge in [-0.3, -0.25) is 4.98 Å². The van der Waals surface area contributed by atoms with Crippen molar-refractivity contribution in [3.8, 4) is 17.2 Å². The van der Waals surface area contributed by atoms with E-state index < -0.39 is 0 Å². The number of aryl methyl sites for hydroxylation is 1. The Labute approximate surface area is 163 Å². The van der Waals surface area contributed by atoms with Gasteiger partial charge in [0, 0.05) is 36.3 Å². The van der Waals surface area contributed by atoms with Crippen LogP contribution in [0.5, 0.6) is 5.75 Å². The van der Waals surface area contributed by atoms with Gasteiger partial charge in [0.15, 0.2) is 0 Å². The summed E-state index contributed by atoms with van der Waals surface area (Å²) in [5.41, 5.74) is 2.13. The van der Waals surface area contributed by atoms with Gasteiger partial charge in [0.05, 0.1) is 12.8 Å². The molecule has 2 N–H and O–H groups in total. The van der Waals surface area contributed by atoms with Crippen LogP contribution in [-0.2, 0) is 12.8 Å². The summed E-state index contributed by atoms with van der Waals surface area (Å²) in [7, 11) is 1.55. The number of aromatic nitrogens is 3. The molecule has 0 fully saturated rings. The van der Waals surface area contributed by atoms with Crippen molar-refractivity contribution in [3.63, 3.8) is 0 Å². The molecule has 1 aromatic carbocycles. The molecular formula is C20H23N5O3. The monoisotopic (exact) mass is 381 g/mol. The molecular weight excluding hydrogens is 358 g/mol. The van der Waals surface area contributed by atoms with Crippen LogP contribution in [0.3, 0.4) is 0 Å². The first-order valence-electron chi connectivity index (χ1n) is 9.07. The average Bonchev–Trinajstić information content (AvgIpc) is 3.18. The number of rotatable bonds is 7. The molecule has 28 heavy (non-hydrogen) atoms. The number of methoxy groups -OCH3 is 1. The third-order valence-corrected chi connectivity index (χ3v) is 4.08. The molecule has 2 heterocycles. The third kappa shape index (κ3) is 4.85. The number of hydrogen-bond donors (Lipinski definition) is 2. The number of amides is 2. The quantitative estimate of drug-likeness (QED) is 0.650. The van der Waals surface area contributed by atoms with Crippen molar-refractivity contribution in [2.75, 3.05) is 12.4 Å². The first-order chi connectivity index (χ1) is 13.6. The second-order valence-electron chi connectivity index (χ2n) is 6.29. The Hall–Kier alpha value is -3.42. The Morgan fingerprint density at radius 3 is 2.79 bits per heavy atom. The lowest BCUT2D eigenvalue weighted by Crippen LogP contribution is -2.37. The highest BCUT2D eigenvalue weighted by Gasteiger charge is 2.14. The topological polar surface area (TPSA) is 102 Å². The lowest BCUT2D eigenvalue weighted by molar-refractivity contribution is 0.249. The molecule has 146 valence electrons. The summed E-state index contributed by atoms with van der Waals surface area (Å²) in [5.74, 6) is 1.49. The molecule has 0 aliphatic heterocycles.